The van der Waals surface area contributed by atoms with Gasteiger partial charge in [0.05, 0.1) is 14.2 Å². The third-order valence-corrected chi connectivity index (χ3v) is 9.07. The summed E-state index contributed by atoms with van der Waals surface area (Å²) in [6.07, 6.45) is 9.30. The van der Waals surface area contributed by atoms with Crippen LogP contribution in [-0.4, -0.2) is 61.1 Å². The standard InChI is InChI=1S/2C15H21NO2.BrH.ClH/c1-17-14-6-5-10-9-13-11(4-3-7-16-13)8-12(10)15(14)18-2;1-2-16-7-3-4-11-8-12-10(9-13(11)16)5-6-14(17)15(12)18;;/h5-6,11,13,16H,3-4,7-9H2,1-2H3;5-6,11,13,17-18H,2-4,7-9H2,1H3;2*1H/t2*11-,13-;;/m00../s1. The molecule has 6 nitrogen and oxygen atoms in total. The highest BCUT2D eigenvalue weighted by Gasteiger charge is 2.36. The molecule has 0 unspecified atom stereocenters. The number of fused-ring (bicyclic) bond motifs is 4. The molecule has 0 amide bonds. The maximum atomic E-state index is 9.99. The van der Waals surface area contributed by atoms with Crippen LogP contribution in [0.5, 0.6) is 23.0 Å². The molecular formula is C30H44BrClN2O4. The van der Waals surface area contributed by atoms with Crippen LogP contribution in [0.3, 0.4) is 0 Å². The van der Waals surface area contributed by atoms with Crippen molar-refractivity contribution in [2.75, 3.05) is 33.9 Å². The first-order valence-corrected chi connectivity index (χ1v) is 13.8. The van der Waals surface area contributed by atoms with Gasteiger partial charge in [0, 0.05) is 23.2 Å². The third kappa shape index (κ3) is 6.06. The number of nitrogens with zero attached hydrogens (tertiary/aromatic N) is 1. The van der Waals surface area contributed by atoms with Gasteiger partial charge in [-0.2, -0.15) is 0 Å². The minimum Gasteiger partial charge on any atom is -0.504 e. The summed E-state index contributed by atoms with van der Waals surface area (Å²) in [5, 5.41) is 23.3. The number of likely N-dealkylation sites (N-methyl/N-ethyl adjacent to an activating group) is 1. The molecule has 4 atom stereocenters. The maximum absolute atomic E-state index is 9.99. The van der Waals surface area contributed by atoms with E-state index in [2.05, 4.69) is 23.2 Å². The first-order valence-electron chi connectivity index (χ1n) is 13.8. The van der Waals surface area contributed by atoms with Crippen LogP contribution in [0.2, 0.25) is 0 Å². The van der Waals surface area contributed by atoms with Crippen LogP contribution in [0, 0.1) is 11.8 Å². The number of phenolic OH excluding ortho intramolecular Hbond substituents is 2. The lowest BCUT2D eigenvalue weighted by atomic mass is 9.75. The van der Waals surface area contributed by atoms with E-state index in [1.54, 1.807) is 20.3 Å². The van der Waals surface area contributed by atoms with Crippen molar-refractivity contribution in [2.45, 2.75) is 70.4 Å². The zero-order chi connectivity index (χ0) is 25.2. The van der Waals surface area contributed by atoms with E-state index in [0.29, 0.717) is 18.0 Å². The van der Waals surface area contributed by atoms with E-state index in [-0.39, 0.29) is 40.9 Å². The number of benzene rings is 2. The number of aromatic hydroxyl groups is 2. The molecule has 6 rings (SSSR count). The highest BCUT2D eigenvalue weighted by molar-refractivity contribution is 8.93. The molecule has 0 bridgehead atoms. The molecule has 0 radical (unpaired) electrons. The topological polar surface area (TPSA) is 74.2 Å². The van der Waals surface area contributed by atoms with Crippen LogP contribution in [0.25, 0.3) is 0 Å². The molecule has 2 heterocycles. The maximum Gasteiger partial charge on any atom is 0.164 e. The molecule has 0 spiro atoms. The van der Waals surface area contributed by atoms with Crippen molar-refractivity contribution >= 4 is 29.4 Å². The summed E-state index contributed by atoms with van der Waals surface area (Å²) < 4.78 is 11.0. The van der Waals surface area contributed by atoms with Gasteiger partial charge in [0.25, 0.3) is 0 Å². The van der Waals surface area contributed by atoms with Gasteiger partial charge in [-0.15, -0.1) is 29.4 Å². The van der Waals surface area contributed by atoms with E-state index in [4.69, 9.17) is 9.47 Å². The molecule has 212 valence electrons. The first-order chi connectivity index (χ1) is 17.5. The van der Waals surface area contributed by atoms with Crippen LogP contribution in [-0.2, 0) is 25.7 Å². The second kappa shape index (κ2) is 13.6. The molecule has 38 heavy (non-hydrogen) atoms. The molecule has 0 aromatic heterocycles. The Morgan fingerprint density at radius 1 is 0.895 bits per heavy atom. The summed E-state index contributed by atoms with van der Waals surface area (Å²) in [6.45, 7) is 5.72. The number of hydrogen-bond acceptors (Lipinski definition) is 6. The van der Waals surface area contributed by atoms with Gasteiger partial charge in [-0.05, 0) is 106 Å². The molecule has 2 aromatic rings. The number of piperidine rings is 2. The second-order valence-corrected chi connectivity index (χ2v) is 10.9. The lowest BCUT2D eigenvalue weighted by Gasteiger charge is -2.44. The number of ether oxygens (including phenoxy) is 2. The van der Waals surface area contributed by atoms with Gasteiger partial charge in [0.1, 0.15) is 0 Å². The fourth-order valence-electron chi connectivity index (χ4n) is 7.16. The van der Waals surface area contributed by atoms with E-state index in [1.165, 1.54) is 55.5 Å². The lowest BCUT2D eigenvalue weighted by Crippen LogP contribution is -2.48. The van der Waals surface area contributed by atoms with Crippen LogP contribution >= 0.6 is 29.4 Å². The summed E-state index contributed by atoms with van der Waals surface area (Å²) in [4.78, 5) is 2.57. The molecule has 3 N–H and O–H groups in total. The van der Waals surface area contributed by atoms with Crippen molar-refractivity contribution in [1.82, 2.24) is 10.2 Å². The highest BCUT2D eigenvalue weighted by Crippen LogP contribution is 2.42. The predicted molar refractivity (Wildman–Crippen MR) is 160 cm³/mol. The molecule has 4 aliphatic rings. The minimum atomic E-state index is 0. The fourth-order valence-corrected chi connectivity index (χ4v) is 7.16. The zero-order valence-electron chi connectivity index (χ0n) is 22.9. The monoisotopic (exact) mass is 610 g/mol. The van der Waals surface area contributed by atoms with Crippen molar-refractivity contribution in [3.63, 3.8) is 0 Å². The largest absolute Gasteiger partial charge is 0.504 e. The number of phenols is 2. The molecule has 2 saturated heterocycles. The van der Waals surface area contributed by atoms with Crippen LogP contribution in [0.4, 0.5) is 0 Å². The Hall–Kier alpha value is -1.67. The average molecular weight is 612 g/mol. The smallest absolute Gasteiger partial charge is 0.164 e. The van der Waals surface area contributed by atoms with Crippen molar-refractivity contribution in [1.29, 1.82) is 0 Å². The number of nitrogens with one attached hydrogen (secondary N) is 1. The summed E-state index contributed by atoms with van der Waals surface area (Å²) in [5.74, 6) is 3.33. The Bertz CT molecular complexity index is 1080. The lowest BCUT2D eigenvalue weighted by molar-refractivity contribution is 0.0902. The molecule has 2 aliphatic carbocycles. The molecular weight excluding hydrogens is 568 g/mol. The number of halogens is 2. The molecule has 0 saturated carbocycles. The van der Waals surface area contributed by atoms with Gasteiger partial charge >= 0.3 is 0 Å². The van der Waals surface area contributed by atoms with E-state index in [9.17, 15) is 10.2 Å². The Balaban J connectivity index is 0.000000200. The van der Waals surface area contributed by atoms with Gasteiger partial charge < -0.3 is 29.9 Å². The average Bonchev–Trinajstić information content (AvgIpc) is 2.92. The van der Waals surface area contributed by atoms with Crippen LogP contribution in [0.15, 0.2) is 24.3 Å². The SMILES string of the molecule is Br.CCN1CCC[C@H]2Cc3c(ccc(O)c3O)C[C@@H]21.COc1ccc2c(c1OC)C[C@@H]1CCCN[C@H]1C2.Cl. The Morgan fingerprint density at radius 3 is 2.34 bits per heavy atom. The predicted octanol–water partition coefficient (Wildman–Crippen LogP) is 5.47. The van der Waals surface area contributed by atoms with Crippen molar-refractivity contribution < 1.29 is 19.7 Å². The third-order valence-electron chi connectivity index (χ3n) is 9.07. The summed E-state index contributed by atoms with van der Waals surface area (Å²) in [7, 11) is 3.45. The minimum absolute atomic E-state index is 0. The normalized spacial score (nSPS) is 25.4. The quantitative estimate of drug-likeness (QED) is 0.400. The Morgan fingerprint density at radius 2 is 1.61 bits per heavy atom. The van der Waals surface area contributed by atoms with Crippen LogP contribution < -0.4 is 14.8 Å². The molecule has 8 heteroatoms. The first kappa shape index (κ1) is 30.9. The zero-order valence-corrected chi connectivity index (χ0v) is 25.4. The van der Waals surface area contributed by atoms with E-state index in [1.807, 2.05) is 12.1 Å². The van der Waals surface area contributed by atoms with Gasteiger partial charge in [-0.25, -0.2) is 0 Å². The number of likely N-dealkylation sites (tertiary alicyclic amines) is 1. The second-order valence-electron chi connectivity index (χ2n) is 10.9. The summed E-state index contributed by atoms with van der Waals surface area (Å²) in [6, 6.07) is 9.10. The van der Waals surface area contributed by atoms with Crippen molar-refractivity contribution in [3.05, 3.63) is 46.5 Å². The van der Waals surface area contributed by atoms with Crippen molar-refractivity contribution in [2.24, 2.45) is 11.8 Å². The Kier molecular flexibility index (Phi) is 11.0. The molecule has 2 aromatic carbocycles. The van der Waals surface area contributed by atoms with Crippen molar-refractivity contribution in [3.8, 4) is 23.0 Å². The van der Waals surface area contributed by atoms with Gasteiger partial charge in [0.15, 0.2) is 23.0 Å². The molecule has 2 aliphatic heterocycles. The van der Waals surface area contributed by atoms with Gasteiger partial charge in [0.2, 0.25) is 0 Å². The number of hydrogen-bond donors (Lipinski definition) is 3. The fraction of sp³-hybridized carbons (Fsp3) is 0.600. The van der Waals surface area contributed by atoms with Gasteiger partial charge in [-0.3, -0.25) is 0 Å². The molecule has 2 fully saturated rings. The summed E-state index contributed by atoms with van der Waals surface area (Å²) >= 11 is 0. The van der Waals surface area contributed by atoms with E-state index < -0.39 is 0 Å². The Labute approximate surface area is 244 Å². The number of methoxy groups -OCH3 is 2. The van der Waals surface area contributed by atoms with E-state index in [0.717, 1.165) is 55.2 Å². The van der Waals surface area contributed by atoms with Gasteiger partial charge in [-0.1, -0.05) is 19.1 Å². The summed E-state index contributed by atoms with van der Waals surface area (Å²) in [5.41, 5.74) is 4.98. The highest BCUT2D eigenvalue weighted by atomic mass is 79.9. The van der Waals surface area contributed by atoms with Crippen LogP contribution in [0.1, 0.15) is 54.9 Å². The van der Waals surface area contributed by atoms with E-state index >= 15 is 0 Å². The number of rotatable bonds is 3.